The fraction of sp³-hybridized carbons (Fsp3) is 0.625. The summed E-state index contributed by atoms with van der Waals surface area (Å²) in [6, 6.07) is 8.82. The second-order valence-electron chi connectivity index (χ2n) is 5.10. The molecule has 0 heterocycles. The van der Waals surface area contributed by atoms with E-state index in [0.717, 1.165) is 19.5 Å². The Hall–Kier alpha value is -0.860. The van der Waals surface area contributed by atoms with E-state index in [9.17, 15) is 0 Å². The summed E-state index contributed by atoms with van der Waals surface area (Å²) in [4.78, 5) is 0. The molecule has 2 atom stereocenters. The second kappa shape index (κ2) is 8.28. The summed E-state index contributed by atoms with van der Waals surface area (Å²) in [6.45, 7) is 8.61. The van der Waals surface area contributed by atoms with Crippen molar-refractivity contribution < 1.29 is 4.74 Å². The zero-order chi connectivity index (χ0) is 13.4. The average molecular weight is 249 g/mol. The van der Waals surface area contributed by atoms with Crippen molar-refractivity contribution in [2.75, 3.05) is 20.2 Å². The largest absolute Gasteiger partial charge is 0.382 e. The maximum Gasteiger partial charge on any atom is 0.0549 e. The van der Waals surface area contributed by atoms with Crippen molar-refractivity contribution in [2.45, 2.75) is 45.6 Å². The maximum atomic E-state index is 5.41. The first kappa shape index (κ1) is 15.2. The van der Waals surface area contributed by atoms with Crippen LogP contribution < -0.4 is 5.32 Å². The van der Waals surface area contributed by atoms with E-state index in [0.29, 0.717) is 12.0 Å². The predicted molar refractivity (Wildman–Crippen MR) is 78.2 cm³/mol. The Kier molecular flexibility index (Phi) is 6.99. The number of hydrogen-bond donors (Lipinski definition) is 1. The number of ether oxygens (including phenoxy) is 1. The molecule has 0 aromatic heterocycles. The summed E-state index contributed by atoms with van der Waals surface area (Å²) in [7, 11) is 1.79. The third-order valence-corrected chi connectivity index (χ3v) is 3.35. The summed E-state index contributed by atoms with van der Waals surface area (Å²) in [5, 5.41) is 3.53. The van der Waals surface area contributed by atoms with Crippen LogP contribution in [0.1, 0.15) is 43.7 Å². The number of aryl methyl sites for hydroxylation is 1. The Balaban J connectivity index is 2.69. The predicted octanol–water partition coefficient (Wildman–Crippen LogP) is 3.50. The van der Waals surface area contributed by atoms with Crippen molar-refractivity contribution in [2.24, 2.45) is 0 Å². The van der Waals surface area contributed by atoms with E-state index in [1.807, 2.05) is 0 Å². The van der Waals surface area contributed by atoms with Gasteiger partial charge in [-0.05, 0) is 44.7 Å². The number of methoxy groups -OCH3 is 1. The average Bonchev–Trinajstić information content (AvgIpc) is 2.37. The van der Waals surface area contributed by atoms with Gasteiger partial charge in [0, 0.05) is 13.7 Å². The van der Waals surface area contributed by atoms with Crippen LogP contribution in [0.3, 0.4) is 0 Å². The van der Waals surface area contributed by atoms with Crippen LogP contribution in [-0.2, 0) is 4.74 Å². The topological polar surface area (TPSA) is 21.3 Å². The molecule has 1 N–H and O–H groups in total. The fourth-order valence-electron chi connectivity index (χ4n) is 2.21. The molecule has 0 spiro atoms. The van der Waals surface area contributed by atoms with Gasteiger partial charge in [-0.3, -0.25) is 0 Å². The lowest BCUT2D eigenvalue weighted by Crippen LogP contribution is -2.25. The van der Waals surface area contributed by atoms with Gasteiger partial charge in [-0.15, -0.1) is 0 Å². The first-order valence-corrected chi connectivity index (χ1v) is 6.97. The van der Waals surface area contributed by atoms with Gasteiger partial charge in [0.1, 0.15) is 0 Å². The molecule has 0 fully saturated rings. The molecule has 0 bridgehead atoms. The van der Waals surface area contributed by atoms with Crippen LogP contribution in [0.5, 0.6) is 0 Å². The number of nitrogens with one attached hydrogen (secondary N) is 1. The first-order valence-electron chi connectivity index (χ1n) is 6.97. The Morgan fingerprint density at radius 3 is 2.72 bits per heavy atom. The minimum absolute atomic E-state index is 0.305. The molecular formula is C16H27NO. The number of hydrogen-bond acceptors (Lipinski definition) is 2. The van der Waals surface area contributed by atoms with Gasteiger partial charge in [0.2, 0.25) is 0 Å². The van der Waals surface area contributed by atoms with Crippen LogP contribution in [0, 0.1) is 6.92 Å². The van der Waals surface area contributed by atoms with Crippen molar-refractivity contribution in [1.82, 2.24) is 5.32 Å². The summed E-state index contributed by atoms with van der Waals surface area (Å²) in [5.74, 6) is 0.534. The summed E-state index contributed by atoms with van der Waals surface area (Å²) in [5.41, 5.74) is 2.75. The van der Waals surface area contributed by atoms with Crippen molar-refractivity contribution in [3.63, 3.8) is 0 Å². The van der Waals surface area contributed by atoms with E-state index >= 15 is 0 Å². The van der Waals surface area contributed by atoms with Crippen LogP contribution in [0.25, 0.3) is 0 Å². The standard InChI is InChI=1S/C16H27NO/c1-5-9-17-12-16(11-14(3)18-4)15-8-6-7-13(2)10-15/h6-8,10,14,16-17H,5,9,11-12H2,1-4H3. The monoisotopic (exact) mass is 249 g/mol. The molecule has 0 amide bonds. The van der Waals surface area contributed by atoms with Crippen molar-refractivity contribution in [3.8, 4) is 0 Å². The highest BCUT2D eigenvalue weighted by Gasteiger charge is 2.15. The third-order valence-electron chi connectivity index (χ3n) is 3.35. The van der Waals surface area contributed by atoms with Crippen LogP contribution in [0.4, 0.5) is 0 Å². The van der Waals surface area contributed by atoms with Crippen LogP contribution in [0.2, 0.25) is 0 Å². The summed E-state index contributed by atoms with van der Waals surface area (Å²) >= 11 is 0. The van der Waals surface area contributed by atoms with E-state index in [2.05, 4.69) is 50.4 Å². The Labute approximate surface area is 112 Å². The molecule has 18 heavy (non-hydrogen) atoms. The number of benzene rings is 1. The lowest BCUT2D eigenvalue weighted by molar-refractivity contribution is 0.104. The van der Waals surface area contributed by atoms with E-state index in [1.54, 1.807) is 7.11 Å². The lowest BCUT2D eigenvalue weighted by Gasteiger charge is -2.21. The Morgan fingerprint density at radius 1 is 1.33 bits per heavy atom. The molecular weight excluding hydrogens is 222 g/mol. The van der Waals surface area contributed by atoms with Gasteiger partial charge in [-0.2, -0.15) is 0 Å². The van der Waals surface area contributed by atoms with E-state index in [1.165, 1.54) is 17.5 Å². The molecule has 1 aromatic rings. The second-order valence-corrected chi connectivity index (χ2v) is 5.10. The Morgan fingerprint density at radius 2 is 2.11 bits per heavy atom. The highest BCUT2D eigenvalue weighted by Crippen LogP contribution is 2.22. The van der Waals surface area contributed by atoms with Crippen LogP contribution >= 0.6 is 0 Å². The quantitative estimate of drug-likeness (QED) is 0.712. The molecule has 0 aliphatic rings. The van der Waals surface area contributed by atoms with Gasteiger partial charge in [0.15, 0.2) is 0 Å². The first-order chi connectivity index (χ1) is 8.67. The van der Waals surface area contributed by atoms with Gasteiger partial charge in [-0.25, -0.2) is 0 Å². The molecule has 0 radical (unpaired) electrons. The van der Waals surface area contributed by atoms with E-state index < -0.39 is 0 Å². The normalized spacial score (nSPS) is 14.4. The summed E-state index contributed by atoms with van der Waals surface area (Å²) < 4.78 is 5.41. The van der Waals surface area contributed by atoms with Crippen molar-refractivity contribution in [3.05, 3.63) is 35.4 Å². The van der Waals surface area contributed by atoms with Crippen molar-refractivity contribution >= 4 is 0 Å². The lowest BCUT2D eigenvalue weighted by atomic mass is 9.92. The molecule has 0 saturated carbocycles. The van der Waals surface area contributed by atoms with Gasteiger partial charge in [-0.1, -0.05) is 36.8 Å². The molecule has 2 nitrogen and oxygen atoms in total. The molecule has 1 rings (SSSR count). The molecule has 0 aliphatic carbocycles. The molecule has 2 unspecified atom stereocenters. The SMILES string of the molecule is CCCNCC(CC(C)OC)c1cccc(C)c1. The smallest absolute Gasteiger partial charge is 0.0549 e. The van der Waals surface area contributed by atoms with Crippen molar-refractivity contribution in [1.29, 1.82) is 0 Å². The molecule has 102 valence electrons. The summed E-state index contributed by atoms with van der Waals surface area (Å²) in [6.07, 6.45) is 2.55. The zero-order valence-electron chi connectivity index (χ0n) is 12.2. The van der Waals surface area contributed by atoms with Crippen LogP contribution in [-0.4, -0.2) is 26.3 Å². The maximum absolute atomic E-state index is 5.41. The van der Waals surface area contributed by atoms with Gasteiger partial charge in [0.05, 0.1) is 6.10 Å². The molecule has 0 aliphatic heterocycles. The highest BCUT2D eigenvalue weighted by molar-refractivity contribution is 5.25. The fourth-order valence-corrected chi connectivity index (χ4v) is 2.21. The third kappa shape index (κ3) is 5.19. The van der Waals surface area contributed by atoms with Gasteiger partial charge in [0.25, 0.3) is 0 Å². The molecule has 0 saturated heterocycles. The zero-order valence-corrected chi connectivity index (χ0v) is 12.2. The van der Waals surface area contributed by atoms with E-state index in [-0.39, 0.29) is 0 Å². The number of rotatable bonds is 8. The molecule has 1 aromatic carbocycles. The minimum atomic E-state index is 0.305. The van der Waals surface area contributed by atoms with Crippen LogP contribution in [0.15, 0.2) is 24.3 Å². The van der Waals surface area contributed by atoms with Gasteiger partial charge < -0.3 is 10.1 Å². The molecule has 2 heteroatoms. The highest BCUT2D eigenvalue weighted by atomic mass is 16.5. The minimum Gasteiger partial charge on any atom is -0.382 e. The van der Waals surface area contributed by atoms with Gasteiger partial charge >= 0.3 is 0 Å². The Bertz CT molecular complexity index is 338. The van der Waals surface area contributed by atoms with E-state index in [4.69, 9.17) is 4.74 Å².